The summed E-state index contributed by atoms with van der Waals surface area (Å²) in [6, 6.07) is 13.0. The van der Waals surface area contributed by atoms with Gasteiger partial charge in [-0.15, -0.1) is 11.3 Å². The predicted molar refractivity (Wildman–Crippen MR) is 130 cm³/mol. The van der Waals surface area contributed by atoms with E-state index in [2.05, 4.69) is 0 Å². The first kappa shape index (κ1) is 23.8. The van der Waals surface area contributed by atoms with Crippen molar-refractivity contribution in [3.63, 3.8) is 0 Å². The third-order valence-electron chi connectivity index (χ3n) is 6.20. The van der Waals surface area contributed by atoms with Gasteiger partial charge in [-0.25, -0.2) is 4.79 Å². The van der Waals surface area contributed by atoms with E-state index >= 15 is 0 Å². The highest BCUT2D eigenvalue weighted by Gasteiger charge is 2.43. The van der Waals surface area contributed by atoms with Gasteiger partial charge in [0.1, 0.15) is 17.1 Å². The normalized spacial score (nSPS) is 18.1. The number of thiophene rings is 1. The van der Waals surface area contributed by atoms with Crippen molar-refractivity contribution in [2.45, 2.75) is 39.3 Å². The van der Waals surface area contributed by atoms with Crippen LogP contribution in [0.15, 0.2) is 52.3 Å². The van der Waals surface area contributed by atoms with Gasteiger partial charge in [-0.3, -0.25) is 9.59 Å². The zero-order valence-corrected chi connectivity index (χ0v) is 20.6. The minimum absolute atomic E-state index is 0.0123. The van der Waals surface area contributed by atoms with Crippen LogP contribution in [0.4, 0.5) is 5.69 Å². The number of methoxy groups -OCH3 is 1. The maximum absolute atomic E-state index is 13.7. The molecule has 0 spiro atoms. The number of carbonyl (C=O) groups is 3. The van der Waals surface area contributed by atoms with Crippen molar-refractivity contribution in [1.29, 1.82) is 0 Å². The van der Waals surface area contributed by atoms with Crippen LogP contribution in [-0.4, -0.2) is 36.8 Å². The summed E-state index contributed by atoms with van der Waals surface area (Å²) in [4.78, 5) is 43.0. The summed E-state index contributed by atoms with van der Waals surface area (Å²) in [7, 11) is 3.04. The van der Waals surface area contributed by atoms with Crippen LogP contribution in [-0.2, 0) is 20.9 Å². The van der Waals surface area contributed by atoms with Crippen molar-refractivity contribution in [2.24, 2.45) is 5.92 Å². The molecule has 1 aromatic carbocycles. The Morgan fingerprint density at radius 3 is 2.59 bits per heavy atom. The van der Waals surface area contributed by atoms with Gasteiger partial charge in [0.15, 0.2) is 0 Å². The number of rotatable bonds is 6. The van der Waals surface area contributed by atoms with Gasteiger partial charge in [0.2, 0.25) is 11.8 Å². The number of anilines is 1. The second-order valence-corrected chi connectivity index (χ2v) is 9.55. The lowest BCUT2D eigenvalue weighted by Gasteiger charge is -2.41. The van der Waals surface area contributed by atoms with E-state index in [-0.39, 0.29) is 24.4 Å². The molecule has 0 aliphatic carbocycles. The molecule has 4 rings (SSSR count). The highest BCUT2D eigenvalue weighted by atomic mass is 32.1. The molecule has 1 aliphatic heterocycles. The minimum atomic E-state index is -0.473. The Morgan fingerprint density at radius 2 is 1.94 bits per heavy atom. The van der Waals surface area contributed by atoms with Gasteiger partial charge in [0.25, 0.3) is 0 Å². The highest BCUT2D eigenvalue weighted by molar-refractivity contribution is 7.10. The molecule has 8 heteroatoms. The van der Waals surface area contributed by atoms with Crippen LogP contribution in [0, 0.1) is 19.8 Å². The number of aryl methyl sites for hydroxylation is 2. The van der Waals surface area contributed by atoms with Crippen molar-refractivity contribution < 1.29 is 23.5 Å². The summed E-state index contributed by atoms with van der Waals surface area (Å²) >= 11 is 1.55. The SMILES string of the molecule is COC(=O)c1cc(CN(C)C(=O)C2CCC(=O)N(c3ccc(C)cc3)C2c2cccs2)oc1C. The fourth-order valence-corrected chi connectivity index (χ4v) is 5.36. The summed E-state index contributed by atoms with van der Waals surface area (Å²) < 4.78 is 10.5. The number of furan rings is 1. The maximum Gasteiger partial charge on any atom is 0.341 e. The number of hydrogen-bond acceptors (Lipinski definition) is 6. The molecule has 1 saturated heterocycles. The molecule has 2 aromatic heterocycles. The first-order valence-electron chi connectivity index (χ1n) is 11.1. The second-order valence-electron chi connectivity index (χ2n) is 8.57. The Labute approximate surface area is 202 Å². The lowest BCUT2D eigenvalue weighted by atomic mass is 9.86. The molecule has 3 heterocycles. The third kappa shape index (κ3) is 4.63. The Hall–Kier alpha value is -3.39. The maximum atomic E-state index is 13.7. The van der Waals surface area contributed by atoms with Gasteiger partial charge < -0.3 is 19.0 Å². The number of benzene rings is 1. The molecule has 2 unspecified atom stereocenters. The second kappa shape index (κ2) is 9.85. The number of esters is 1. The van der Waals surface area contributed by atoms with Gasteiger partial charge in [-0.1, -0.05) is 23.8 Å². The minimum Gasteiger partial charge on any atom is -0.465 e. The number of carbonyl (C=O) groups excluding carboxylic acids is 3. The molecule has 7 nitrogen and oxygen atoms in total. The molecule has 0 saturated carbocycles. The van der Waals surface area contributed by atoms with E-state index in [1.54, 1.807) is 41.2 Å². The van der Waals surface area contributed by atoms with Gasteiger partial charge in [0, 0.05) is 24.0 Å². The average molecular weight is 481 g/mol. The van der Waals surface area contributed by atoms with Gasteiger partial charge in [-0.05, 0) is 49.9 Å². The Bertz CT molecular complexity index is 1180. The topological polar surface area (TPSA) is 80.1 Å². The van der Waals surface area contributed by atoms with Gasteiger partial charge in [-0.2, -0.15) is 0 Å². The van der Waals surface area contributed by atoms with E-state index in [0.717, 1.165) is 16.1 Å². The van der Waals surface area contributed by atoms with E-state index in [9.17, 15) is 14.4 Å². The molecule has 0 bridgehead atoms. The molecular formula is C26H28N2O5S. The summed E-state index contributed by atoms with van der Waals surface area (Å²) in [5.74, 6) is 0.0178. The van der Waals surface area contributed by atoms with E-state index in [1.165, 1.54) is 7.11 Å². The number of amides is 2. The molecular weight excluding hydrogens is 452 g/mol. The van der Waals surface area contributed by atoms with Crippen molar-refractivity contribution >= 4 is 34.8 Å². The molecule has 0 N–H and O–H groups in total. The van der Waals surface area contributed by atoms with Crippen LogP contribution in [0.1, 0.15) is 51.2 Å². The predicted octanol–water partition coefficient (Wildman–Crippen LogP) is 4.89. The summed E-state index contributed by atoms with van der Waals surface area (Å²) in [6.45, 7) is 3.90. The molecule has 3 aromatic rings. The standard InChI is InChI=1S/C26H28N2O5S/c1-16-7-9-18(10-8-16)28-23(29)12-11-20(24(28)22-6-5-13-34-22)25(30)27(3)15-19-14-21(17(2)33-19)26(31)32-4/h5-10,13-14,20,24H,11-12,15H2,1-4H3. The Morgan fingerprint density at radius 1 is 1.21 bits per heavy atom. The molecule has 0 radical (unpaired) electrons. The van der Waals surface area contributed by atoms with Crippen LogP contribution in [0.25, 0.3) is 0 Å². The number of hydrogen-bond donors (Lipinski definition) is 0. The molecule has 34 heavy (non-hydrogen) atoms. The fraction of sp³-hybridized carbons (Fsp3) is 0.346. The highest BCUT2D eigenvalue weighted by Crippen LogP contribution is 2.42. The molecule has 178 valence electrons. The summed E-state index contributed by atoms with van der Waals surface area (Å²) in [6.07, 6.45) is 0.768. The van der Waals surface area contributed by atoms with Crippen molar-refractivity contribution in [3.8, 4) is 0 Å². The van der Waals surface area contributed by atoms with Crippen molar-refractivity contribution in [2.75, 3.05) is 19.1 Å². The van der Waals surface area contributed by atoms with E-state index in [1.807, 2.05) is 48.7 Å². The molecule has 2 amide bonds. The summed E-state index contributed by atoms with van der Waals surface area (Å²) in [5, 5.41) is 1.97. The zero-order chi connectivity index (χ0) is 24.4. The Kier molecular flexibility index (Phi) is 6.88. The monoisotopic (exact) mass is 480 g/mol. The third-order valence-corrected chi connectivity index (χ3v) is 7.15. The fourth-order valence-electron chi connectivity index (χ4n) is 4.47. The lowest BCUT2D eigenvalue weighted by molar-refractivity contribution is -0.137. The van der Waals surface area contributed by atoms with Crippen molar-refractivity contribution in [1.82, 2.24) is 4.90 Å². The molecule has 1 fully saturated rings. The van der Waals surface area contributed by atoms with E-state index < -0.39 is 11.9 Å². The van der Waals surface area contributed by atoms with Gasteiger partial charge in [0.05, 0.1) is 25.6 Å². The smallest absolute Gasteiger partial charge is 0.341 e. The number of ether oxygens (including phenoxy) is 1. The first-order chi connectivity index (χ1) is 16.3. The largest absolute Gasteiger partial charge is 0.465 e. The zero-order valence-electron chi connectivity index (χ0n) is 19.7. The lowest BCUT2D eigenvalue weighted by Crippen LogP contribution is -2.48. The van der Waals surface area contributed by atoms with Gasteiger partial charge >= 0.3 is 5.97 Å². The Balaban J connectivity index is 1.62. The molecule has 2 atom stereocenters. The quantitative estimate of drug-likeness (QED) is 0.470. The number of nitrogens with zero attached hydrogens (tertiary/aromatic N) is 2. The average Bonchev–Trinajstić information content (AvgIpc) is 3.48. The van der Waals surface area contributed by atoms with E-state index in [4.69, 9.17) is 9.15 Å². The van der Waals surface area contributed by atoms with Crippen LogP contribution in [0.5, 0.6) is 0 Å². The molecule has 1 aliphatic rings. The van der Waals surface area contributed by atoms with E-state index in [0.29, 0.717) is 29.9 Å². The van der Waals surface area contributed by atoms with Crippen molar-refractivity contribution in [3.05, 3.63) is 75.4 Å². The van der Waals surface area contributed by atoms with Crippen LogP contribution in [0.3, 0.4) is 0 Å². The van der Waals surface area contributed by atoms with Crippen LogP contribution < -0.4 is 4.90 Å². The number of piperidine rings is 1. The van der Waals surface area contributed by atoms with Crippen LogP contribution >= 0.6 is 11.3 Å². The summed E-state index contributed by atoms with van der Waals surface area (Å²) in [5.41, 5.74) is 2.25. The first-order valence-corrected chi connectivity index (χ1v) is 12.0. The van der Waals surface area contributed by atoms with Crippen LogP contribution in [0.2, 0.25) is 0 Å².